The predicted molar refractivity (Wildman–Crippen MR) is 36.4 cm³/mol. The quantitative estimate of drug-likeness (QED) is 0.491. The lowest BCUT2D eigenvalue weighted by Gasteiger charge is -2.10. The van der Waals surface area contributed by atoms with Gasteiger partial charge in [-0.05, 0) is 13.1 Å². The van der Waals surface area contributed by atoms with Crippen LogP contribution in [0.2, 0.25) is 19.1 Å². The lowest BCUT2D eigenvalue weighted by molar-refractivity contribution is -0.133. The van der Waals surface area contributed by atoms with E-state index in [1.807, 2.05) is 13.1 Å². The van der Waals surface area contributed by atoms with Gasteiger partial charge in [-0.25, -0.2) is 0 Å². The normalized spacial score (nSPS) is 32.3. The van der Waals surface area contributed by atoms with Gasteiger partial charge >= 0.3 is 5.97 Å². The molecule has 0 aromatic rings. The molecule has 3 nitrogen and oxygen atoms in total. The summed E-state index contributed by atoms with van der Waals surface area (Å²) < 4.78 is 5.04. The molecule has 1 fully saturated rings. The number of hydrogen-bond donors (Lipinski definition) is 1. The Kier molecular flexibility index (Phi) is 1.36. The summed E-state index contributed by atoms with van der Waals surface area (Å²) in [6.07, 6.45) is 0. The Morgan fingerprint density at radius 3 is 2.44 bits per heavy atom. The minimum atomic E-state index is -1.64. The molecule has 0 saturated carbocycles. The molecule has 0 aromatic carbocycles. The van der Waals surface area contributed by atoms with E-state index in [1.165, 1.54) is 0 Å². The Balaban J connectivity index is 2.65. The van der Waals surface area contributed by atoms with Gasteiger partial charge in [-0.15, -0.1) is 0 Å². The lowest BCUT2D eigenvalue weighted by Crippen LogP contribution is -2.25. The van der Waals surface area contributed by atoms with Gasteiger partial charge in [-0.3, -0.25) is 4.79 Å². The van der Waals surface area contributed by atoms with Gasteiger partial charge in [0.15, 0.2) is 0 Å². The summed E-state index contributed by atoms with van der Waals surface area (Å²) in [6.45, 7) is 4.00. The number of nitrogens with two attached hydrogens (primary N) is 1. The molecule has 1 aliphatic heterocycles. The maximum atomic E-state index is 10.7. The van der Waals surface area contributed by atoms with Gasteiger partial charge < -0.3 is 10.2 Å². The highest BCUT2D eigenvalue weighted by molar-refractivity contribution is 6.74. The van der Waals surface area contributed by atoms with Crippen LogP contribution < -0.4 is 5.73 Å². The van der Waals surface area contributed by atoms with E-state index in [0.29, 0.717) is 0 Å². The van der Waals surface area contributed by atoms with Crippen LogP contribution in [0.25, 0.3) is 0 Å². The molecule has 1 heterocycles. The summed E-state index contributed by atoms with van der Waals surface area (Å²) in [6, 6.07) is 0.429. The van der Waals surface area contributed by atoms with Crippen LogP contribution in [-0.2, 0) is 9.22 Å². The molecule has 0 aliphatic carbocycles. The number of rotatable bonds is 0. The van der Waals surface area contributed by atoms with Gasteiger partial charge in [-0.1, -0.05) is 0 Å². The molecule has 0 bridgehead atoms. The summed E-state index contributed by atoms with van der Waals surface area (Å²) in [4.78, 5) is 10.7. The molecule has 0 aromatic heterocycles. The van der Waals surface area contributed by atoms with Gasteiger partial charge in [0.1, 0.15) is 6.04 Å². The molecule has 1 atom stereocenters. The fraction of sp³-hybridized carbons (Fsp3) is 0.800. The van der Waals surface area contributed by atoms with Crippen LogP contribution in [0.3, 0.4) is 0 Å². The van der Waals surface area contributed by atoms with Crippen molar-refractivity contribution in [3.63, 3.8) is 0 Å². The SMILES string of the molecule is C[Si]1(C)C[C@@H](N)C(=O)O1. The van der Waals surface area contributed by atoms with Gasteiger partial charge in [-0.2, -0.15) is 0 Å². The largest absolute Gasteiger partial charge is 0.518 e. The van der Waals surface area contributed by atoms with Crippen molar-refractivity contribution in [1.29, 1.82) is 0 Å². The summed E-state index contributed by atoms with van der Waals surface area (Å²) >= 11 is 0. The standard InChI is InChI=1S/C5H11NO2Si/c1-9(2)3-4(6)5(7)8-9/h4H,3,6H2,1-2H3/t4-/m1/s1. The van der Waals surface area contributed by atoms with Gasteiger partial charge in [0.2, 0.25) is 0 Å². The van der Waals surface area contributed by atoms with E-state index < -0.39 is 8.32 Å². The monoisotopic (exact) mass is 145 g/mol. The Hall–Kier alpha value is -0.353. The highest BCUT2D eigenvalue weighted by Crippen LogP contribution is 2.21. The van der Waals surface area contributed by atoms with Crippen LogP contribution in [-0.4, -0.2) is 20.3 Å². The van der Waals surface area contributed by atoms with E-state index in [2.05, 4.69) is 0 Å². The smallest absolute Gasteiger partial charge is 0.309 e. The van der Waals surface area contributed by atoms with Crippen LogP contribution >= 0.6 is 0 Å². The van der Waals surface area contributed by atoms with Crippen LogP contribution in [0.5, 0.6) is 0 Å². The van der Waals surface area contributed by atoms with Crippen LogP contribution in [0, 0.1) is 0 Å². The summed E-state index contributed by atoms with van der Waals surface area (Å²) in [5.74, 6) is -0.216. The van der Waals surface area contributed by atoms with E-state index in [4.69, 9.17) is 10.2 Å². The van der Waals surface area contributed by atoms with Crippen LogP contribution in [0.4, 0.5) is 0 Å². The third-order valence-corrected chi connectivity index (χ3v) is 3.57. The Morgan fingerprint density at radius 2 is 2.33 bits per heavy atom. The third kappa shape index (κ3) is 1.31. The molecule has 0 unspecified atom stereocenters. The summed E-state index contributed by atoms with van der Waals surface area (Å²) in [7, 11) is -1.64. The minimum absolute atomic E-state index is 0.216. The number of hydrogen-bond acceptors (Lipinski definition) is 3. The Bertz CT molecular complexity index is 146. The van der Waals surface area contributed by atoms with E-state index in [-0.39, 0.29) is 12.0 Å². The molecule has 9 heavy (non-hydrogen) atoms. The Morgan fingerprint density at radius 1 is 1.78 bits per heavy atom. The predicted octanol–water partition coefficient (Wildman–Crippen LogP) is 0.0756. The fourth-order valence-corrected chi connectivity index (χ4v) is 3.01. The molecular weight excluding hydrogens is 134 g/mol. The first kappa shape index (κ1) is 6.76. The van der Waals surface area contributed by atoms with Crippen molar-refractivity contribution in [1.82, 2.24) is 0 Å². The topological polar surface area (TPSA) is 52.3 Å². The van der Waals surface area contributed by atoms with Gasteiger partial charge in [0, 0.05) is 6.04 Å². The molecule has 1 saturated heterocycles. The number of carbonyl (C=O) groups excluding carboxylic acids is 1. The zero-order chi connectivity index (χ0) is 7.07. The third-order valence-electron chi connectivity index (χ3n) is 1.39. The molecule has 0 spiro atoms. The second-order valence-corrected chi connectivity index (χ2v) is 7.12. The van der Waals surface area contributed by atoms with Gasteiger partial charge in [0.25, 0.3) is 8.32 Å². The average Bonchev–Trinajstić information content (AvgIpc) is 1.79. The summed E-state index contributed by atoms with van der Waals surface area (Å²) in [5.41, 5.74) is 5.41. The molecule has 1 aliphatic rings. The van der Waals surface area contributed by atoms with Crippen molar-refractivity contribution in [2.45, 2.75) is 25.2 Å². The maximum absolute atomic E-state index is 10.7. The molecule has 0 amide bonds. The van der Waals surface area contributed by atoms with Crippen LogP contribution in [0.15, 0.2) is 0 Å². The fourth-order valence-electron chi connectivity index (χ4n) is 1.00. The first-order valence-corrected chi connectivity index (χ1v) is 6.11. The first-order chi connectivity index (χ1) is 4.01. The highest BCUT2D eigenvalue weighted by Gasteiger charge is 2.40. The average molecular weight is 145 g/mol. The first-order valence-electron chi connectivity index (χ1n) is 3.00. The highest BCUT2D eigenvalue weighted by atomic mass is 28.4. The zero-order valence-electron chi connectivity index (χ0n) is 5.68. The molecular formula is C5H11NO2Si. The summed E-state index contributed by atoms with van der Waals surface area (Å²) in [5, 5.41) is 0. The minimum Gasteiger partial charge on any atom is -0.518 e. The zero-order valence-corrected chi connectivity index (χ0v) is 6.68. The van der Waals surface area contributed by atoms with Crippen molar-refractivity contribution in [2.75, 3.05) is 0 Å². The van der Waals surface area contributed by atoms with Crippen molar-refractivity contribution in [3.05, 3.63) is 0 Å². The molecule has 0 radical (unpaired) electrons. The van der Waals surface area contributed by atoms with E-state index in [9.17, 15) is 4.79 Å². The van der Waals surface area contributed by atoms with Crippen molar-refractivity contribution in [3.8, 4) is 0 Å². The van der Waals surface area contributed by atoms with Gasteiger partial charge in [0.05, 0.1) is 0 Å². The number of carbonyl (C=O) groups is 1. The Labute approximate surface area is 55.3 Å². The van der Waals surface area contributed by atoms with E-state index in [1.54, 1.807) is 0 Å². The lowest BCUT2D eigenvalue weighted by atomic mass is 10.4. The molecule has 1 rings (SSSR count). The molecule has 4 heteroatoms. The molecule has 52 valence electrons. The van der Waals surface area contributed by atoms with E-state index in [0.717, 1.165) is 6.04 Å². The van der Waals surface area contributed by atoms with Crippen LogP contribution in [0.1, 0.15) is 0 Å². The van der Waals surface area contributed by atoms with Crippen molar-refractivity contribution >= 4 is 14.3 Å². The maximum Gasteiger partial charge on any atom is 0.309 e. The second-order valence-electron chi connectivity index (χ2n) is 2.99. The molecule has 2 N–H and O–H groups in total. The second kappa shape index (κ2) is 1.81. The van der Waals surface area contributed by atoms with Crippen molar-refractivity contribution in [2.24, 2.45) is 5.73 Å². The van der Waals surface area contributed by atoms with E-state index >= 15 is 0 Å². The van der Waals surface area contributed by atoms with Crippen molar-refractivity contribution < 1.29 is 9.22 Å².